The topological polar surface area (TPSA) is 54.4 Å². The van der Waals surface area contributed by atoms with E-state index in [1.54, 1.807) is 48.5 Å². The van der Waals surface area contributed by atoms with E-state index in [2.05, 4.69) is 0 Å². The Bertz CT molecular complexity index is 787. The lowest BCUT2D eigenvalue weighted by molar-refractivity contribution is 0.514. The van der Waals surface area contributed by atoms with Gasteiger partial charge in [0.15, 0.2) is 0 Å². The smallest absolute Gasteiger partial charge is 0.211 e. The Balaban J connectivity index is 2.34. The van der Waals surface area contributed by atoms with Crippen LogP contribution in [0.15, 0.2) is 53.4 Å². The fraction of sp³-hybridized carbons (Fsp3) is 0.0667. The summed E-state index contributed by atoms with van der Waals surface area (Å²) in [5.41, 5.74) is 1.81. The van der Waals surface area contributed by atoms with E-state index in [0.29, 0.717) is 11.1 Å². The van der Waals surface area contributed by atoms with Crippen LogP contribution >= 0.6 is 0 Å². The van der Waals surface area contributed by atoms with Gasteiger partial charge in [-0.1, -0.05) is 42.0 Å². The minimum Gasteiger partial charge on any atom is -0.506 e. The molecule has 0 atom stereocenters. The standard InChI is InChI=1S/C15H12O3S/c1-10-7-8-13-12(9-10)14(16)15(19(13,17)18)11-5-3-2-4-6-11/h2-9,16H,1H3. The second kappa shape index (κ2) is 3.96. The van der Waals surface area contributed by atoms with Crippen LogP contribution in [0.25, 0.3) is 10.7 Å². The van der Waals surface area contributed by atoms with Crippen LogP contribution in [0.5, 0.6) is 0 Å². The molecule has 1 aliphatic rings. The molecule has 0 saturated carbocycles. The molecule has 0 bridgehead atoms. The van der Waals surface area contributed by atoms with E-state index in [1.165, 1.54) is 0 Å². The van der Waals surface area contributed by atoms with Gasteiger partial charge >= 0.3 is 0 Å². The predicted molar refractivity (Wildman–Crippen MR) is 74.2 cm³/mol. The highest BCUT2D eigenvalue weighted by atomic mass is 32.2. The molecular weight excluding hydrogens is 260 g/mol. The van der Waals surface area contributed by atoms with Crippen LogP contribution in [-0.2, 0) is 9.84 Å². The van der Waals surface area contributed by atoms with Crippen molar-refractivity contribution in [2.75, 3.05) is 0 Å². The Morgan fingerprint density at radius 2 is 1.68 bits per heavy atom. The third kappa shape index (κ3) is 1.68. The molecule has 96 valence electrons. The number of rotatable bonds is 1. The monoisotopic (exact) mass is 272 g/mol. The Kier molecular flexibility index (Phi) is 2.50. The van der Waals surface area contributed by atoms with E-state index in [1.807, 2.05) is 6.92 Å². The summed E-state index contributed by atoms with van der Waals surface area (Å²) >= 11 is 0. The number of sulfone groups is 1. The Morgan fingerprint density at radius 3 is 2.37 bits per heavy atom. The van der Waals surface area contributed by atoms with E-state index < -0.39 is 9.84 Å². The lowest BCUT2D eigenvalue weighted by Gasteiger charge is -2.03. The number of hydrogen-bond donors (Lipinski definition) is 1. The fourth-order valence-corrected chi connectivity index (χ4v) is 4.03. The summed E-state index contributed by atoms with van der Waals surface area (Å²) in [5.74, 6) is -0.162. The van der Waals surface area contributed by atoms with Gasteiger partial charge < -0.3 is 5.11 Å². The maximum atomic E-state index is 12.5. The van der Waals surface area contributed by atoms with Crippen molar-refractivity contribution in [3.8, 4) is 0 Å². The molecule has 0 unspecified atom stereocenters. The number of aliphatic hydroxyl groups excluding tert-OH is 1. The van der Waals surface area contributed by atoms with Crippen molar-refractivity contribution in [3.63, 3.8) is 0 Å². The van der Waals surface area contributed by atoms with Crippen LogP contribution in [-0.4, -0.2) is 13.5 Å². The van der Waals surface area contributed by atoms with Crippen molar-refractivity contribution in [1.82, 2.24) is 0 Å². The molecule has 19 heavy (non-hydrogen) atoms. The van der Waals surface area contributed by atoms with Crippen LogP contribution in [0, 0.1) is 6.92 Å². The number of hydrogen-bond acceptors (Lipinski definition) is 3. The lowest BCUT2D eigenvalue weighted by atomic mass is 10.1. The van der Waals surface area contributed by atoms with Crippen LogP contribution in [0.1, 0.15) is 16.7 Å². The lowest BCUT2D eigenvalue weighted by Crippen LogP contribution is -2.00. The molecule has 4 heteroatoms. The fourth-order valence-electron chi connectivity index (χ4n) is 2.30. The van der Waals surface area contributed by atoms with Crippen molar-refractivity contribution in [2.24, 2.45) is 0 Å². The largest absolute Gasteiger partial charge is 0.506 e. The second-order valence-corrected chi connectivity index (χ2v) is 6.40. The average molecular weight is 272 g/mol. The van der Waals surface area contributed by atoms with Crippen LogP contribution < -0.4 is 0 Å². The summed E-state index contributed by atoms with van der Waals surface area (Å²) in [6.07, 6.45) is 0. The van der Waals surface area contributed by atoms with Crippen molar-refractivity contribution in [2.45, 2.75) is 11.8 Å². The van der Waals surface area contributed by atoms with Gasteiger partial charge in [-0.25, -0.2) is 8.42 Å². The van der Waals surface area contributed by atoms with E-state index >= 15 is 0 Å². The molecule has 1 N–H and O–H groups in total. The van der Waals surface area contributed by atoms with Crippen molar-refractivity contribution < 1.29 is 13.5 Å². The molecule has 3 nitrogen and oxygen atoms in total. The van der Waals surface area contributed by atoms with Gasteiger partial charge in [-0.2, -0.15) is 0 Å². The third-order valence-corrected chi connectivity index (χ3v) is 5.10. The first kappa shape index (κ1) is 12.0. The Morgan fingerprint density at radius 1 is 1.00 bits per heavy atom. The minimum absolute atomic E-state index is 0.00583. The maximum absolute atomic E-state index is 12.5. The first-order valence-corrected chi connectivity index (χ1v) is 7.35. The minimum atomic E-state index is -3.64. The van der Waals surface area contributed by atoms with E-state index in [9.17, 15) is 13.5 Å². The first-order chi connectivity index (χ1) is 9.01. The van der Waals surface area contributed by atoms with Gasteiger partial charge in [0.05, 0.1) is 4.90 Å². The molecule has 0 amide bonds. The van der Waals surface area contributed by atoms with Gasteiger partial charge in [0.1, 0.15) is 10.7 Å². The molecule has 1 heterocycles. The zero-order valence-electron chi connectivity index (χ0n) is 10.3. The number of aliphatic hydroxyl groups is 1. The van der Waals surface area contributed by atoms with Crippen LogP contribution in [0.2, 0.25) is 0 Å². The van der Waals surface area contributed by atoms with Gasteiger partial charge in [-0.15, -0.1) is 0 Å². The van der Waals surface area contributed by atoms with Gasteiger partial charge in [0.2, 0.25) is 9.84 Å². The van der Waals surface area contributed by atoms with E-state index in [-0.39, 0.29) is 15.6 Å². The van der Waals surface area contributed by atoms with Crippen molar-refractivity contribution in [1.29, 1.82) is 0 Å². The summed E-state index contributed by atoms with van der Waals surface area (Å²) in [6.45, 7) is 1.86. The number of aryl methyl sites for hydroxylation is 1. The highest BCUT2D eigenvalue weighted by Crippen LogP contribution is 2.43. The molecule has 1 aliphatic heterocycles. The molecule has 2 aromatic carbocycles. The number of benzene rings is 2. The Hall–Kier alpha value is -2.07. The van der Waals surface area contributed by atoms with Crippen molar-refractivity contribution >= 4 is 20.5 Å². The van der Waals surface area contributed by atoms with Crippen LogP contribution in [0.3, 0.4) is 0 Å². The molecule has 0 fully saturated rings. The molecule has 0 saturated heterocycles. The third-order valence-electron chi connectivity index (χ3n) is 3.20. The second-order valence-electron chi connectivity index (χ2n) is 4.55. The van der Waals surface area contributed by atoms with Crippen LogP contribution in [0.4, 0.5) is 0 Å². The molecule has 3 rings (SSSR count). The Labute approximate surface area is 111 Å². The normalized spacial score (nSPS) is 16.5. The summed E-state index contributed by atoms with van der Waals surface area (Å²) in [7, 11) is -3.64. The van der Waals surface area contributed by atoms with E-state index in [0.717, 1.165) is 5.56 Å². The number of fused-ring (bicyclic) bond motifs is 1. The maximum Gasteiger partial charge on any atom is 0.211 e. The summed E-state index contributed by atoms with van der Waals surface area (Å²) in [6, 6.07) is 13.6. The van der Waals surface area contributed by atoms with E-state index in [4.69, 9.17) is 0 Å². The summed E-state index contributed by atoms with van der Waals surface area (Å²) < 4.78 is 25.0. The highest BCUT2D eigenvalue weighted by molar-refractivity contribution is 8.01. The zero-order chi connectivity index (χ0) is 13.6. The van der Waals surface area contributed by atoms with Gasteiger partial charge in [0, 0.05) is 5.56 Å². The first-order valence-electron chi connectivity index (χ1n) is 5.86. The van der Waals surface area contributed by atoms with Crippen molar-refractivity contribution in [3.05, 3.63) is 65.2 Å². The quantitative estimate of drug-likeness (QED) is 0.867. The van der Waals surface area contributed by atoms with Gasteiger partial charge in [0.25, 0.3) is 0 Å². The molecule has 0 aliphatic carbocycles. The molecule has 0 aromatic heterocycles. The SMILES string of the molecule is Cc1ccc2c(c1)C(O)=C(c1ccccc1)S2(=O)=O. The molecule has 0 spiro atoms. The predicted octanol–water partition coefficient (Wildman–Crippen LogP) is 3.17. The molecule has 0 radical (unpaired) electrons. The average Bonchev–Trinajstić information content (AvgIpc) is 2.58. The molecular formula is C15H12O3S. The summed E-state index contributed by atoms with van der Waals surface area (Å²) in [4.78, 5) is 0.170. The highest BCUT2D eigenvalue weighted by Gasteiger charge is 2.36. The summed E-state index contributed by atoms with van der Waals surface area (Å²) in [5, 5.41) is 10.3. The zero-order valence-corrected chi connectivity index (χ0v) is 11.1. The van der Waals surface area contributed by atoms with Gasteiger partial charge in [-0.3, -0.25) is 0 Å². The molecule has 2 aromatic rings. The van der Waals surface area contributed by atoms with Gasteiger partial charge in [-0.05, 0) is 24.6 Å².